The Morgan fingerprint density at radius 1 is 1.45 bits per heavy atom. The third-order valence-electron chi connectivity index (χ3n) is 2.76. The van der Waals surface area contributed by atoms with Crippen LogP contribution in [-0.2, 0) is 24.6 Å². The van der Waals surface area contributed by atoms with Gasteiger partial charge in [0, 0.05) is 19.8 Å². The van der Waals surface area contributed by atoms with E-state index >= 15 is 0 Å². The number of aryl methyl sites for hydroxylation is 1. The molecule has 108 valence electrons. The Morgan fingerprint density at radius 2 is 2.20 bits per heavy atom. The molecule has 2 heterocycles. The average Bonchev–Trinajstić information content (AvgIpc) is 2.93. The first-order valence-electron chi connectivity index (χ1n) is 6.00. The molecule has 0 aliphatic carbocycles. The van der Waals surface area contributed by atoms with Crippen molar-refractivity contribution in [1.29, 1.82) is 0 Å². The van der Waals surface area contributed by atoms with Gasteiger partial charge >= 0.3 is 5.97 Å². The molecule has 0 aliphatic rings. The van der Waals surface area contributed by atoms with Crippen molar-refractivity contribution in [3.8, 4) is 0 Å². The lowest BCUT2D eigenvalue weighted by Crippen LogP contribution is -2.08. The van der Waals surface area contributed by atoms with Gasteiger partial charge in [-0.25, -0.2) is 4.79 Å². The topological polar surface area (TPSA) is 101 Å². The van der Waals surface area contributed by atoms with Gasteiger partial charge in [-0.2, -0.15) is 5.10 Å². The van der Waals surface area contributed by atoms with E-state index in [4.69, 9.17) is 10.5 Å². The van der Waals surface area contributed by atoms with Crippen LogP contribution in [0.15, 0.2) is 11.4 Å². The molecule has 20 heavy (non-hydrogen) atoms. The molecule has 0 atom stereocenters. The summed E-state index contributed by atoms with van der Waals surface area (Å²) in [5.74, 6) is 0.508. The lowest BCUT2D eigenvalue weighted by Gasteiger charge is -2.05. The van der Waals surface area contributed by atoms with Gasteiger partial charge in [-0.1, -0.05) is 11.8 Å². The van der Waals surface area contributed by atoms with Crippen LogP contribution in [0.4, 0.5) is 5.95 Å². The van der Waals surface area contributed by atoms with Crippen molar-refractivity contribution in [2.45, 2.75) is 17.8 Å². The molecule has 0 aliphatic heterocycles. The number of nitrogens with two attached hydrogens (primary N) is 1. The molecule has 2 rings (SSSR count). The van der Waals surface area contributed by atoms with E-state index in [9.17, 15) is 4.79 Å². The number of thioether (sulfide) groups is 1. The van der Waals surface area contributed by atoms with Crippen LogP contribution >= 0.6 is 11.8 Å². The number of aromatic nitrogens is 5. The van der Waals surface area contributed by atoms with Crippen molar-refractivity contribution in [2.24, 2.45) is 14.1 Å². The predicted molar refractivity (Wildman–Crippen MR) is 74.1 cm³/mol. The zero-order chi connectivity index (χ0) is 14.7. The van der Waals surface area contributed by atoms with Crippen LogP contribution in [0.5, 0.6) is 0 Å². The van der Waals surface area contributed by atoms with E-state index in [2.05, 4.69) is 15.3 Å². The van der Waals surface area contributed by atoms with Gasteiger partial charge in [0.25, 0.3) is 0 Å². The zero-order valence-electron chi connectivity index (χ0n) is 11.5. The van der Waals surface area contributed by atoms with E-state index in [-0.39, 0.29) is 5.97 Å². The fraction of sp³-hybridized carbons (Fsp3) is 0.455. The maximum atomic E-state index is 11.8. The number of nitrogens with zero attached hydrogens (tertiary/aromatic N) is 5. The van der Waals surface area contributed by atoms with Crippen LogP contribution < -0.4 is 5.73 Å². The van der Waals surface area contributed by atoms with Gasteiger partial charge in [-0.15, -0.1) is 10.2 Å². The highest BCUT2D eigenvalue weighted by Gasteiger charge is 2.18. The van der Waals surface area contributed by atoms with Crippen molar-refractivity contribution >= 4 is 23.7 Å². The summed E-state index contributed by atoms with van der Waals surface area (Å²) in [5.41, 5.74) is 6.86. The largest absolute Gasteiger partial charge is 0.462 e. The second kappa shape index (κ2) is 5.95. The van der Waals surface area contributed by atoms with E-state index in [1.807, 2.05) is 0 Å². The first-order chi connectivity index (χ1) is 9.54. The number of ether oxygens (including phenoxy) is 1. The zero-order valence-corrected chi connectivity index (χ0v) is 12.3. The molecule has 0 saturated carbocycles. The van der Waals surface area contributed by atoms with Crippen molar-refractivity contribution < 1.29 is 9.53 Å². The second-order valence-corrected chi connectivity index (χ2v) is 4.98. The Bertz CT molecular complexity index is 620. The van der Waals surface area contributed by atoms with Gasteiger partial charge in [0.15, 0.2) is 5.16 Å². The number of hydrogen-bond acceptors (Lipinski definition) is 7. The maximum absolute atomic E-state index is 11.8. The van der Waals surface area contributed by atoms with E-state index in [1.165, 1.54) is 18.0 Å². The van der Waals surface area contributed by atoms with Crippen LogP contribution in [-0.4, -0.2) is 37.1 Å². The quantitative estimate of drug-likeness (QED) is 0.637. The summed E-state index contributed by atoms with van der Waals surface area (Å²) in [6.45, 7) is 2.10. The summed E-state index contributed by atoms with van der Waals surface area (Å²) < 4.78 is 8.34. The maximum Gasteiger partial charge on any atom is 0.341 e. The molecule has 8 nitrogen and oxygen atoms in total. The van der Waals surface area contributed by atoms with Crippen molar-refractivity contribution in [1.82, 2.24) is 24.5 Å². The molecule has 9 heteroatoms. The molecule has 0 unspecified atom stereocenters. The molecule has 0 bridgehead atoms. The summed E-state index contributed by atoms with van der Waals surface area (Å²) in [6, 6.07) is 0. The minimum atomic E-state index is -0.367. The number of rotatable bonds is 5. The Balaban J connectivity index is 2.15. The van der Waals surface area contributed by atoms with E-state index in [0.29, 0.717) is 29.0 Å². The van der Waals surface area contributed by atoms with Crippen LogP contribution in [0, 0.1) is 0 Å². The number of esters is 1. The highest BCUT2D eigenvalue weighted by atomic mass is 32.2. The van der Waals surface area contributed by atoms with E-state index in [1.54, 1.807) is 30.3 Å². The first-order valence-corrected chi connectivity index (χ1v) is 6.98. The van der Waals surface area contributed by atoms with Crippen LogP contribution in [0.2, 0.25) is 0 Å². The molecule has 0 saturated heterocycles. The highest BCUT2D eigenvalue weighted by Crippen LogP contribution is 2.23. The molecule has 2 aromatic rings. The average molecular weight is 296 g/mol. The molecule has 2 aromatic heterocycles. The van der Waals surface area contributed by atoms with Gasteiger partial charge in [-0.05, 0) is 6.92 Å². The summed E-state index contributed by atoms with van der Waals surface area (Å²) in [5, 5.41) is 12.5. The van der Waals surface area contributed by atoms with E-state index < -0.39 is 0 Å². The fourth-order valence-electron chi connectivity index (χ4n) is 1.60. The fourth-order valence-corrected chi connectivity index (χ4v) is 2.59. The summed E-state index contributed by atoms with van der Waals surface area (Å²) in [6.07, 6.45) is 1.51. The molecule has 0 spiro atoms. The molecular formula is C11H16N6O2S. The Kier molecular flexibility index (Phi) is 4.28. The van der Waals surface area contributed by atoms with Gasteiger partial charge in [0.2, 0.25) is 5.95 Å². The van der Waals surface area contributed by atoms with Gasteiger partial charge in [0.05, 0.1) is 18.5 Å². The summed E-state index contributed by atoms with van der Waals surface area (Å²) in [4.78, 5) is 11.8. The van der Waals surface area contributed by atoms with Crippen molar-refractivity contribution in [2.75, 3.05) is 12.3 Å². The molecular weight excluding hydrogens is 280 g/mol. The smallest absolute Gasteiger partial charge is 0.341 e. The van der Waals surface area contributed by atoms with Crippen molar-refractivity contribution in [3.05, 3.63) is 17.5 Å². The molecule has 2 N–H and O–H groups in total. The third-order valence-corrected chi connectivity index (χ3v) is 3.79. The highest BCUT2D eigenvalue weighted by molar-refractivity contribution is 7.98. The number of hydrogen-bond donors (Lipinski definition) is 1. The molecule has 0 aromatic carbocycles. The molecule has 0 fully saturated rings. The second-order valence-electron chi connectivity index (χ2n) is 4.04. The lowest BCUT2D eigenvalue weighted by molar-refractivity contribution is 0.0525. The normalized spacial score (nSPS) is 10.8. The Hall–Kier alpha value is -2.03. The van der Waals surface area contributed by atoms with Crippen LogP contribution in [0.1, 0.15) is 23.0 Å². The number of anilines is 1. The SMILES string of the molecule is CCOC(=O)c1cnn(C)c1CSc1nnc(N)n1C. The standard InChI is InChI=1S/C11H16N6O2S/c1-4-19-9(18)7-5-13-17(3)8(7)6-20-11-15-14-10(12)16(11)2/h5H,4,6H2,1-3H3,(H2,12,14). The minimum Gasteiger partial charge on any atom is -0.462 e. The van der Waals surface area contributed by atoms with Crippen LogP contribution in [0.25, 0.3) is 0 Å². The Morgan fingerprint density at radius 3 is 2.80 bits per heavy atom. The summed E-state index contributed by atoms with van der Waals surface area (Å²) in [7, 11) is 3.57. The number of carbonyl (C=O) groups excluding carboxylic acids is 1. The number of nitrogen functional groups attached to an aromatic ring is 1. The molecule has 0 amide bonds. The minimum absolute atomic E-state index is 0.333. The first kappa shape index (κ1) is 14.4. The van der Waals surface area contributed by atoms with Gasteiger partial charge in [0.1, 0.15) is 5.56 Å². The third kappa shape index (κ3) is 2.77. The predicted octanol–water partition coefficient (Wildman–Crippen LogP) is 0.600. The van der Waals surface area contributed by atoms with Gasteiger partial charge in [-0.3, -0.25) is 9.25 Å². The monoisotopic (exact) mass is 296 g/mol. The summed E-state index contributed by atoms with van der Waals surface area (Å²) >= 11 is 1.43. The van der Waals surface area contributed by atoms with Crippen molar-refractivity contribution in [3.63, 3.8) is 0 Å². The number of carbonyl (C=O) groups is 1. The Labute approximate surface area is 120 Å². The molecule has 0 radical (unpaired) electrons. The lowest BCUT2D eigenvalue weighted by atomic mass is 10.3. The van der Waals surface area contributed by atoms with Gasteiger partial charge < -0.3 is 10.5 Å². The van der Waals surface area contributed by atoms with E-state index in [0.717, 1.165) is 5.69 Å². The van der Waals surface area contributed by atoms with Crippen LogP contribution in [0.3, 0.4) is 0 Å².